The standard InChI is InChI=1S/C14H19N/c1-11-13-5-3-2-4-12(13)10-14(11)6-8-15-9-7-14/h2-5,11,15H,6-10H2,1H3. The molecule has 1 aliphatic carbocycles. The summed E-state index contributed by atoms with van der Waals surface area (Å²) in [5.41, 5.74) is 3.79. The maximum atomic E-state index is 3.48. The Bertz CT molecular complexity index is 363. The van der Waals surface area contributed by atoms with E-state index in [9.17, 15) is 0 Å². The second-order valence-corrected chi connectivity index (χ2v) is 5.21. The fraction of sp³-hybridized carbons (Fsp3) is 0.571. The van der Waals surface area contributed by atoms with Crippen molar-refractivity contribution >= 4 is 0 Å². The number of hydrogen-bond donors (Lipinski definition) is 1. The lowest BCUT2D eigenvalue weighted by atomic mass is 9.70. The summed E-state index contributed by atoms with van der Waals surface area (Å²) in [6, 6.07) is 9.03. The van der Waals surface area contributed by atoms with E-state index in [0.717, 1.165) is 5.92 Å². The fourth-order valence-corrected chi connectivity index (χ4v) is 3.51. The molecule has 1 spiro atoms. The molecule has 0 bridgehead atoms. The summed E-state index contributed by atoms with van der Waals surface area (Å²) in [6.45, 7) is 4.84. The van der Waals surface area contributed by atoms with Crippen LogP contribution in [0.15, 0.2) is 24.3 Å². The average molecular weight is 201 g/mol. The Hall–Kier alpha value is -0.820. The molecule has 1 unspecified atom stereocenters. The Labute approximate surface area is 91.9 Å². The molecule has 1 saturated heterocycles. The Morgan fingerprint density at radius 2 is 1.93 bits per heavy atom. The van der Waals surface area contributed by atoms with Crippen LogP contribution in [0, 0.1) is 5.41 Å². The van der Waals surface area contributed by atoms with Gasteiger partial charge in [-0.3, -0.25) is 0 Å². The first kappa shape index (κ1) is 9.41. The first-order valence-corrected chi connectivity index (χ1v) is 6.10. The molecular formula is C14H19N. The SMILES string of the molecule is CC1c2ccccc2CC12CCNCC2. The number of piperidine rings is 1. The Morgan fingerprint density at radius 1 is 1.20 bits per heavy atom. The summed E-state index contributed by atoms with van der Waals surface area (Å²) in [7, 11) is 0. The van der Waals surface area contributed by atoms with Crippen molar-refractivity contribution in [2.45, 2.75) is 32.1 Å². The molecule has 1 heteroatoms. The van der Waals surface area contributed by atoms with Gasteiger partial charge in [0.2, 0.25) is 0 Å². The molecule has 1 aromatic carbocycles. The summed E-state index contributed by atoms with van der Waals surface area (Å²) in [5, 5.41) is 3.48. The van der Waals surface area contributed by atoms with E-state index in [-0.39, 0.29) is 0 Å². The van der Waals surface area contributed by atoms with Crippen LogP contribution in [0.3, 0.4) is 0 Å². The van der Waals surface area contributed by atoms with Gasteiger partial charge in [0.15, 0.2) is 0 Å². The molecule has 1 atom stereocenters. The van der Waals surface area contributed by atoms with E-state index < -0.39 is 0 Å². The fourth-order valence-electron chi connectivity index (χ4n) is 3.51. The van der Waals surface area contributed by atoms with E-state index in [1.165, 1.54) is 32.4 Å². The van der Waals surface area contributed by atoms with E-state index in [1.807, 2.05) is 0 Å². The van der Waals surface area contributed by atoms with Crippen LogP contribution in [0.2, 0.25) is 0 Å². The summed E-state index contributed by atoms with van der Waals surface area (Å²) in [4.78, 5) is 0. The summed E-state index contributed by atoms with van der Waals surface area (Å²) in [5.74, 6) is 0.760. The van der Waals surface area contributed by atoms with Crippen LogP contribution in [0.4, 0.5) is 0 Å². The lowest BCUT2D eigenvalue weighted by Gasteiger charge is -2.38. The molecule has 1 fully saturated rings. The van der Waals surface area contributed by atoms with E-state index in [4.69, 9.17) is 0 Å². The van der Waals surface area contributed by atoms with Gasteiger partial charge in [0.05, 0.1) is 0 Å². The van der Waals surface area contributed by atoms with Crippen molar-refractivity contribution in [3.05, 3.63) is 35.4 Å². The van der Waals surface area contributed by atoms with Gasteiger partial charge in [0, 0.05) is 0 Å². The molecule has 1 heterocycles. The second kappa shape index (κ2) is 3.34. The van der Waals surface area contributed by atoms with E-state index in [2.05, 4.69) is 36.5 Å². The molecule has 1 aromatic rings. The smallest absolute Gasteiger partial charge is 0.00433 e. The van der Waals surface area contributed by atoms with Gasteiger partial charge in [0.1, 0.15) is 0 Å². The van der Waals surface area contributed by atoms with Crippen LogP contribution in [-0.4, -0.2) is 13.1 Å². The largest absolute Gasteiger partial charge is 0.317 e. The van der Waals surface area contributed by atoms with Gasteiger partial charge in [-0.05, 0) is 54.8 Å². The molecule has 3 rings (SSSR count). The van der Waals surface area contributed by atoms with Crippen LogP contribution < -0.4 is 5.32 Å². The van der Waals surface area contributed by atoms with Crippen LogP contribution in [0.1, 0.15) is 36.8 Å². The molecule has 0 radical (unpaired) electrons. The zero-order chi connectivity index (χ0) is 10.3. The molecule has 0 saturated carbocycles. The van der Waals surface area contributed by atoms with Crippen LogP contribution >= 0.6 is 0 Å². The highest BCUT2D eigenvalue weighted by Gasteiger charge is 2.43. The van der Waals surface area contributed by atoms with E-state index >= 15 is 0 Å². The zero-order valence-electron chi connectivity index (χ0n) is 9.42. The van der Waals surface area contributed by atoms with Crippen molar-refractivity contribution in [2.75, 3.05) is 13.1 Å². The topological polar surface area (TPSA) is 12.0 Å². The summed E-state index contributed by atoms with van der Waals surface area (Å²) < 4.78 is 0. The van der Waals surface area contributed by atoms with Gasteiger partial charge < -0.3 is 5.32 Å². The molecule has 1 nitrogen and oxygen atoms in total. The summed E-state index contributed by atoms with van der Waals surface area (Å²) in [6.07, 6.45) is 4.01. The minimum atomic E-state index is 0.578. The van der Waals surface area contributed by atoms with Gasteiger partial charge in [-0.1, -0.05) is 31.2 Å². The predicted molar refractivity (Wildman–Crippen MR) is 63.1 cm³/mol. The number of benzene rings is 1. The van der Waals surface area contributed by atoms with Gasteiger partial charge in [-0.2, -0.15) is 0 Å². The predicted octanol–water partition coefficient (Wildman–Crippen LogP) is 2.72. The lowest BCUT2D eigenvalue weighted by Crippen LogP contribution is -2.38. The molecule has 80 valence electrons. The van der Waals surface area contributed by atoms with Crippen molar-refractivity contribution in [3.8, 4) is 0 Å². The van der Waals surface area contributed by atoms with Gasteiger partial charge >= 0.3 is 0 Å². The average Bonchev–Trinajstić information content (AvgIpc) is 2.54. The van der Waals surface area contributed by atoms with Crippen molar-refractivity contribution in [3.63, 3.8) is 0 Å². The number of fused-ring (bicyclic) bond motifs is 1. The highest BCUT2D eigenvalue weighted by molar-refractivity contribution is 5.38. The molecular weight excluding hydrogens is 182 g/mol. The third kappa shape index (κ3) is 1.33. The quantitative estimate of drug-likeness (QED) is 0.680. The van der Waals surface area contributed by atoms with Crippen molar-refractivity contribution < 1.29 is 0 Å². The number of hydrogen-bond acceptors (Lipinski definition) is 1. The molecule has 1 aliphatic heterocycles. The molecule has 0 amide bonds. The summed E-state index contributed by atoms with van der Waals surface area (Å²) >= 11 is 0. The van der Waals surface area contributed by atoms with Gasteiger partial charge in [-0.15, -0.1) is 0 Å². The highest BCUT2D eigenvalue weighted by atomic mass is 14.9. The number of rotatable bonds is 0. The Balaban J connectivity index is 1.98. The highest BCUT2D eigenvalue weighted by Crippen LogP contribution is 2.51. The number of nitrogens with one attached hydrogen (secondary N) is 1. The zero-order valence-corrected chi connectivity index (χ0v) is 9.42. The Kier molecular flexibility index (Phi) is 2.10. The van der Waals surface area contributed by atoms with Crippen LogP contribution in [0.5, 0.6) is 0 Å². The van der Waals surface area contributed by atoms with Crippen LogP contribution in [0.25, 0.3) is 0 Å². The van der Waals surface area contributed by atoms with Crippen LogP contribution in [-0.2, 0) is 6.42 Å². The maximum absolute atomic E-state index is 3.48. The van der Waals surface area contributed by atoms with E-state index in [0.29, 0.717) is 5.41 Å². The lowest BCUT2D eigenvalue weighted by molar-refractivity contribution is 0.180. The third-order valence-corrected chi connectivity index (χ3v) is 4.58. The van der Waals surface area contributed by atoms with Crippen molar-refractivity contribution in [1.29, 1.82) is 0 Å². The monoisotopic (exact) mass is 201 g/mol. The molecule has 15 heavy (non-hydrogen) atoms. The van der Waals surface area contributed by atoms with Crippen molar-refractivity contribution in [2.24, 2.45) is 5.41 Å². The third-order valence-electron chi connectivity index (χ3n) is 4.58. The minimum Gasteiger partial charge on any atom is -0.317 e. The maximum Gasteiger partial charge on any atom is -0.00433 e. The second-order valence-electron chi connectivity index (χ2n) is 5.21. The van der Waals surface area contributed by atoms with Gasteiger partial charge in [-0.25, -0.2) is 0 Å². The molecule has 2 aliphatic rings. The first-order chi connectivity index (χ1) is 7.32. The first-order valence-electron chi connectivity index (χ1n) is 6.10. The van der Waals surface area contributed by atoms with Gasteiger partial charge in [0.25, 0.3) is 0 Å². The van der Waals surface area contributed by atoms with Crippen molar-refractivity contribution in [1.82, 2.24) is 5.32 Å². The Morgan fingerprint density at radius 3 is 2.67 bits per heavy atom. The molecule has 1 N–H and O–H groups in total. The minimum absolute atomic E-state index is 0.578. The normalized spacial score (nSPS) is 27.9. The van der Waals surface area contributed by atoms with E-state index in [1.54, 1.807) is 11.1 Å². The molecule has 0 aromatic heterocycles.